The number of hydrogen-bond donors (Lipinski definition) is 2. The van der Waals surface area contributed by atoms with Gasteiger partial charge in [-0.1, -0.05) is 25.6 Å². The van der Waals surface area contributed by atoms with Crippen LogP contribution in [0, 0.1) is 5.92 Å². The fourth-order valence-corrected chi connectivity index (χ4v) is 2.01. The van der Waals surface area contributed by atoms with Crippen LogP contribution in [-0.2, 0) is 4.74 Å². The van der Waals surface area contributed by atoms with Crippen LogP contribution >= 0.6 is 11.8 Å². The maximum Gasteiger partial charge on any atom is 0.191 e. The molecule has 0 aromatic carbocycles. The molecular formula is C13H24N4OS. The lowest BCUT2D eigenvalue weighted by molar-refractivity contribution is 0.171. The van der Waals surface area contributed by atoms with E-state index in [4.69, 9.17) is 4.74 Å². The molecule has 0 bridgehead atoms. The van der Waals surface area contributed by atoms with Crippen LogP contribution in [0.2, 0.25) is 0 Å². The van der Waals surface area contributed by atoms with Crippen LogP contribution in [0.1, 0.15) is 20.8 Å². The number of methoxy groups -OCH3 is 1. The van der Waals surface area contributed by atoms with Crippen molar-refractivity contribution in [2.75, 3.05) is 37.2 Å². The molecule has 1 heterocycles. The summed E-state index contributed by atoms with van der Waals surface area (Å²) in [6, 6.07) is 2.18. The Hall–Kier alpha value is -1.01. The van der Waals surface area contributed by atoms with Gasteiger partial charge in [0.05, 0.1) is 12.6 Å². The van der Waals surface area contributed by atoms with Crippen molar-refractivity contribution in [1.29, 1.82) is 0 Å². The van der Waals surface area contributed by atoms with Gasteiger partial charge in [0, 0.05) is 19.7 Å². The lowest BCUT2D eigenvalue weighted by Crippen LogP contribution is -2.31. The van der Waals surface area contributed by atoms with E-state index in [0.29, 0.717) is 12.5 Å². The number of nitrogens with one attached hydrogen (secondary N) is 2. The minimum absolute atomic E-state index is 0.240. The lowest BCUT2D eigenvalue weighted by Gasteiger charge is -2.22. The van der Waals surface area contributed by atoms with Gasteiger partial charge in [0.15, 0.2) is 5.16 Å². The summed E-state index contributed by atoms with van der Waals surface area (Å²) in [5.41, 5.74) is 0. The molecule has 1 unspecified atom stereocenters. The van der Waals surface area contributed by atoms with Crippen molar-refractivity contribution in [3.8, 4) is 0 Å². The Kier molecular flexibility index (Phi) is 6.94. The van der Waals surface area contributed by atoms with E-state index in [9.17, 15) is 0 Å². The van der Waals surface area contributed by atoms with Gasteiger partial charge in [0.1, 0.15) is 11.6 Å². The summed E-state index contributed by atoms with van der Waals surface area (Å²) >= 11 is 1.54. The number of anilines is 2. The normalized spacial score (nSPS) is 12.5. The highest BCUT2D eigenvalue weighted by molar-refractivity contribution is 7.98. The number of rotatable bonds is 8. The van der Waals surface area contributed by atoms with E-state index in [-0.39, 0.29) is 6.04 Å². The van der Waals surface area contributed by atoms with Gasteiger partial charge in [-0.3, -0.25) is 0 Å². The average Bonchev–Trinajstić information content (AvgIpc) is 2.38. The largest absolute Gasteiger partial charge is 0.383 e. The molecule has 0 saturated carbocycles. The molecule has 1 aromatic rings. The molecule has 1 rings (SSSR count). The van der Waals surface area contributed by atoms with Crippen molar-refractivity contribution >= 4 is 23.4 Å². The van der Waals surface area contributed by atoms with Gasteiger partial charge in [-0.25, -0.2) is 9.97 Å². The summed E-state index contributed by atoms with van der Waals surface area (Å²) < 4.78 is 5.25. The first-order chi connectivity index (χ1) is 9.10. The Bertz CT molecular complexity index is 387. The number of hydrogen-bond acceptors (Lipinski definition) is 6. The highest BCUT2D eigenvalue weighted by atomic mass is 32.2. The quantitative estimate of drug-likeness (QED) is 0.565. The fourth-order valence-electron chi connectivity index (χ4n) is 1.63. The lowest BCUT2D eigenvalue weighted by atomic mass is 10.1. The maximum atomic E-state index is 5.25. The average molecular weight is 284 g/mol. The molecule has 0 amide bonds. The third kappa shape index (κ3) is 5.24. The molecule has 0 saturated heterocycles. The number of ether oxygens (including phenoxy) is 1. The Morgan fingerprint density at radius 3 is 2.53 bits per heavy atom. The monoisotopic (exact) mass is 284 g/mol. The van der Waals surface area contributed by atoms with Crippen LogP contribution in [-0.4, -0.2) is 42.5 Å². The van der Waals surface area contributed by atoms with E-state index >= 15 is 0 Å². The zero-order chi connectivity index (χ0) is 14.3. The number of nitrogens with zero attached hydrogens (tertiary/aromatic N) is 2. The molecule has 0 aliphatic carbocycles. The molecule has 0 aliphatic heterocycles. The fraction of sp³-hybridized carbons (Fsp3) is 0.692. The number of thioether (sulfide) groups is 1. The van der Waals surface area contributed by atoms with E-state index in [0.717, 1.165) is 23.3 Å². The van der Waals surface area contributed by atoms with E-state index in [2.05, 4.69) is 41.4 Å². The molecule has 2 N–H and O–H groups in total. The molecule has 5 nitrogen and oxygen atoms in total. The molecule has 0 spiro atoms. The predicted molar refractivity (Wildman–Crippen MR) is 82.1 cm³/mol. The van der Waals surface area contributed by atoms with Gasteiger partial charge in [-0.2, -0.15) is 0 Å². The molecule has 1 atom stereocenters. The highest BCUT2D eigenvalue weighted by Gasteiger charge is 2.14. The Morgan fingerprint density at radius 2 is 2.00 bits per heavy atom. The van der Waals surface area contributed by atoms with E-state index in [1.165, 1.54) is 11.8 Å². The summed E-state index contributed by atoms with van der Waals surface area (Å²) in [5.74, 6) is 2.16. The molecule has 0 aliphatic rings. The standard InChI is InChI=1S/C13H24N4OS/c1-6-14-11-7-12(17-13(16-11)19-5)15-10(8-18-4)9(2)3/h7,9-10H,6,8H2,1-5H3,(H2,14,15,16,17). The third-order valence-corrected chi connectivity index (χ3v) is 3.28. The molecule has 108 valence electrons. The van der Waals surface area contributed by atoms with E-state index in [1.54, 1.807) is 7.11 Å². The minimum Gasteiger partial charge on any atom is -0.383 e. The molecule has 0 radical (unpaired) electrons. The SMILES string of the molecule is CCNc1cc(NC(COC)C(C)C)nc(SC)n1. The van der Waals surface area contributed by atoms with Crippen molar-refractivity contribution in [2.24, 2.45) is 5.92 Å². The van der Waals surface area contributed by atoms with Crippen molar-refractivity contribution in [3.05, 3.63) is 6.07 Å². The number of aromatic nitrogens is 2. The summed E-state index contributed by atoms with van der Waals surface area (Å²) in [7, 11) is 1.72. The maximum absolute atomic E-state index is 5.25. The third-order valence-electron chi connectivity index (χ3n) is 2.73. The van der Waals surface area contributed by atoms with Crippen LogP contribution in [0.15, 0.2) is 11.2 Å². The Morgan fingerprint density at radius 1 is 1.32 bits per heavy atom. The van der Waals surface area contributed by atoms with Gasteiger partial charge in [0.25, 0.3) is 0 Å². The zero-order valence-electron chi connectivity index (χ0n) is 12.4. The van der Waals surface area contributed by atoms with Gasteiger partial charge >= 0.3 is 0 Å². The first-order valence-corrected chi connectivity index (χ1v) is 7.75. The first kappa shape index (κ1) is 16.0. The van der Waals surface area contributed by atoms with Crippen LogP contribution in [0.4, 0.5) is 11.6 Å². The second kappa shape index (κ2) is 8.22. The smallest absolute Gasteiger partial charge is 0.191 e. The van der Waals surface area contributed by atoms with Gasteiger partial charge in [-0.05, 0) is 19.1 Å². The first-order valence-electron chi connectivity index (χ1n) is 6.53. The van der Waals surface area contributed by atoms with E-state index < -0.39 is 0 Å². The van der Waals surface area contributed by atoms with Gasteiger partial charge in [0.2, 0.25) is 0 Å². The van der Waals surface area contributed by atoms with E-state index in [1.807, 2.05) is 12.3 Å². The van der Waals surface area contributed by atoms with Crippen LogP contribution in [0.25, 0.3) is 0 Å². The summed E-state index contributed by atoms with van der Waals surface area (Å²) in [4.78, 5) is 8.89. The predicted octanol–water partition coefficient (Wildman–Crippen LogP) is 2.71. The topological polar surface area (TPSA) is 59.1 Å². The molecule has 6 heteroatoms. The Balaban J connectivity index is 2.88. The van der Waals surface area contributed by atoms with Gasteiger partial charge < -0.3 is 15.4 Å². The second-order valence-electron chi connectivity index (χ2n) is 4.61. The van der Waals surface area contributed by atoms with Crippen molar-refractivity contribution in [1.82, 2.24) is 9.97 Å². The van der Waals surface area contributed by atoms with Crippen LogP contribution < -0.4 is 10.6 Å². The van der Waals surface area contributed by atoms with Crippen LogP contribution in [0.5, 0.6) is 0 Å². The van der Waals surface area contributed by atoms with Crippen molar-refractivity contribution < 1.29 is 4.74 Å². The molecule has 1 aromatic heterocycles. The molecule has 19 heavy (non-hydrogen) atoms. The Labute approximate surface area is 119 Å². The summed E-state index contributed by atoms with van der Waals surface area (Å²) in [5, 5.41) is 7.41. The van der Waals surface area contributed by atoms with Crippen molar-refractivity contribution in [3.63, 3.8) is 0 Å². The summed E-state index contributed by atoms with van der Waals surface area (Å²) in [6.07, 6.45) is 1.98. The molecule has 0 fully saturated rings. The van der Waals surface area contributed by atoms with Crippen molar-refractivity contribution in [2.45, 2.75) is 32.0 Å². The van der Waals surface area contributed by atoms with Gasteiger partial charge in [-0.15, -0.1) is 0 Å². The molecular weight excluding hydrogens is 260 g/mol. The summed E-state index contributed by atoms with van der Waals surface area (Å²) in [6.45, 7) is 7.88. The highest BCUT2D eigenvalue weighted by Crippen LogP contribution is 2.19. The zero-order valence-corrected chi connectivity index (χ0v) is 13.2. The minimum atomic E-state index is 0.240. The second-order valence-corrected chi connectivity index (χ2v) is 5.38. The van der Waals surface area contributed by atoms with Crippen LogP contribution in [0.3, 0.4) is 0 Å².